The summed E-state index contributed by atoms with van der Waals surface area (Å²) in [4.78, 5) is 6.38. The predicted octanol–water partition coefficient (Wildman–Crippen LogP) is -0.479. The Morgan fingerprint density at radius 1 is 1.65 bits per heavy atom. The quantitative estimate of drug-likeness (QED) is 0.251. The lowest BCUT2D eigenvalue weighted by Gasteiger charge is -2.23. The molecule has 17 heavy (non-hydrogen) atoms. The number of nitrogens with one attached hydrogen (secondary N) is 2. The molecule has 0 aliphatic carbocycles. The molecule has 0 radical (unpaired) electrons. The first-order valence-electron chi connectivity index (χ1n) is 4.72. The minimum atomic E-state index is -3.79. The average Bonchev–Trinajstić information content (AvgIpc) is 2.62. The van der Waals surface area contributed by atoms with Gasteiger partial charge in [-0.25, -0.2) is 13.4 Å². The smallest absolute Gasteiger partial charge is 0.258 e. The van der Waals surface area contributed by atoms with Crippen molar-refractivity contribution in [3.63, 3.8) is 0 Å². The van der Waals surface area contributed by atoms with Crippen LogP contribution in [0.5, 0.6) is 0 Å². The molecule has 0 aliphatic rings. The minimum absolute atomic E-state index is 0.0752. The fourth-order valence-electron chi connectivity index (χ4n) is 1.10. The van der Waals surface area contributed by atoms with Crippen molar-refractivity contribution in [2.75, 3.05) is 0 Å². The summed E-state index contributed by atoms with van der Waals surface area (Å²) in [6.07, 6.45) is 1.19. The fourth-order valence-corrected chi connectivity index (χ4v) is 2.46. The van der Waals surface area contributed by atoms with E-state index in [1.165, 1.54) is 20.0 Å². The van der Waals surface area contributed by atoms with Crippen molar-refractivity contribution in [1.29, 1.82) is 0 Å². The van der Waals surface area contributed by atoms with Crippen LogP contribution in [0.3, 0.4) is 0 Å². The van der Waals surface area contributed by atoms with Gasteiger partial charge in [0.15, 0.2) is 10.9 Å². The zero-order valence-corrected chi connectivity index (χ0v) is 10.5. The number of aryl methyl sites for hydroxylation is 1. The summed E-state index contributed by atoms with van der Waals surface area (Å²) in [6, 6.07) is 0. The number of sulfonamides is 1. The van der Waals surface area contributed by atoms with Gasteiger partial charge in [0.2, 0.25) is 0 Å². The number of amidine groups is 1. The summed E-state index contributed by atoms with van der Waals surface area (Å²) in [6.45, 7) is 4.58. The van der Waals surface area contributed by atoms with Crippen molar-refractivity contribution in [2.45, 2.75) is 31.3 Å². The predicted molar refractivity (Wildman–Crippen MR) is 61.1 cm³/mol. The highest BCUT2D eigenvalue weighted by molar-refractivity contribution is 7.89. The van der Waals surface area contributed by atoms with Gasteiger partial charge in [0.1, 0.15) is 5.82 Å². The lowest BCUT2D eigenvalue weighted by atomic mass is 10.1. The molecule has 0 saturated carbocycles. The van der Waals surface area contributed by atoms with Gasteiger partial charge in [-0.3, -0.25) is 0 Å². The van der Waals surface area contributed by atoms with Gasteiger partial charge in [-0.15, -0.1) is 0 Å². The van der Waals surface area contributed by atoms with Crippen LogP contribution < -0.4 is 10.5 Å². The number of H-pyrrole nitrogens is 1. The van der Waals surface area contributed by atoms with Crippen LogP contribution in [0, 0.1) is 6.92 Å². The van der Waals surface area contributed by atoms with E-state index in [9.17, 15) is 8.42 Å². The van der Waals surface area contributed by atoms with Gasteiger partial charge in [-0.05, 0) is 20.8 Å². The molecular weight excluding hydrogens is 246 g/mol. The Kier molecular flexibility index (Phi) is 3.43. The van der Waals surface area contributed by atoms with Crippen LogP contribution in [0.1, 0.15) is 19.7 Å². The second kappa shape index (κ2) is 4.34. The second-order valence-corrected chi connectivity index (χ2v) is 5.70. The third kappa shape index (κ3) is 2.94. The molecule has 96 valence electrons. The third-order valence-corrected chi connectivity index (χ3v) is 3.67. The average molecular weight is 261 g/mol. The topological polar surface area (TPSA) is 133 Å². The highest BCUT2D eigenvalue weighted by Gasteiger charge is 2.31. The van der Waals surface area contributed by atoms with E-state index in [0.717, 1.165) is 0 Å². The summed E-state index contributed by atoms with van der Waals surface area (Å²) in [5, 5.41) is 11.3. The molecule has 1 heterocycles. The van der Waals surface area contributed by atoms with E-state index in [2.05, 4.69) is 19.8 Å². The van der Waals surface area contributed by atoms with Crippen molar-refractivity contribution in [3.05, 3.63) is 12.0 Å². The first-order valence-corrected chi connectivity index (χ1v) is 6.21. The number of hydrogen-bond acceptors (Lipinski definition) is 5. The van der Waals surface area contributed by atoms with Crippen LogP contribution in [-0.2, 0) is 10.0 Å². The monoisotopic (exact) mass is 261 g/mol. The molecule has 0 aliphatic heterocycles. The van der Waals surface area contributed by atoms with Crippen LogP contribution in [-0.4, -0.2) is 35.0 Å². The number of oxime groups is 1. The molecule has 0 aromatic carbocycles. The number of aromatic amines is 1. The maximum Gasteiger partial charge on any atom is 0.258 e. The fraction of sp³-hybridized carbons (Fsp3) is 0.500. The standard InChI is InChI=1S/C8H15N5O3S/c1-5-10-4-6(11-5)17(15,16)13-8(2,3)7(9)12-14/h4,13-14H,1-3H3,(H2,9,12)(H,10,11). The summed E-state index contributed by atoms with van der Waals surface area (Å²) < 4.78 is 26.1. The molecule has 5 N–H and O–H groups in total. The zero-order valence-electron chi connectivity index (χ0n) is 9.72. The number of hydrogen-bond donors (Lipinski definition) is 4. The lowest BCUT2D eigenvalue weighted by molar-refractivity contribution is 0.312. The SMILES string of the molecule is Cc1ncc(S(=O)(=O)NC(C)(C)/C(N)=N/O)[nH]1. The molecular formula is C8H15N5O3S. The Hall–Kier alpha value is -1.61. The molecule has 0 unspecified atom stereocenters. The molecule has 9 heteroatoms. The van der Waals surface area contributed by atoms with Crippen LogP contribution in [0.2, 0.25) is 0 Å². The van der Waals surface area contributed by atoms with Crippen molar-refractivity contribution in [1.82, 2.24) is 14.7 Å². The number of rotatable bonds is 4. The molecule has 0 amide bonds. The van der Waals surface area contributed by atoms with E-state index in [0.29, 0.717) is 5.82 Å². The van der Waals surface area contributed by atoms with E-state index in [-0.39, 0.29) is 10.9 Å². The third-order valence-electron chi connectivity index (χ3n) is 2.11. The van der Waals surface area contributed by atoms with Gasteiger partial charge in [-0.1, -0.05) is 5.16 Å². The van der Waals surface area contributed by atoms with Crippen LogP contribution in [0.15, 0.2) is 16.4 Å². The van der Waals surface area contributed by atoms with Gasteiger partial charge < -0.3 is 15.9 Å². The normalized spacial score (nSPS) is 13.9. The number of nitrogens with zero attached hydrogens (tertiary/aromatic N) is 2. The lowest BCUT2D eigenvalue weighted by Crippen LogP contribution is -2.53. The van der Waals surface area contributed by atoms with Crippen LogP contribution in [0.25, 0.3) is 0 Å². The molecule has 8 nitrogen and oxygen atoms in total. The Balaban J connectivity index is 3.03. The molecule has 0 saturated heterocycles. The van der Waals surface area contributed by atoms with Crippen molar-refractivity contribution >= 4 is 15.9 Å². The molecule has 0 spiro atoms. The second-order valence-electron chi connectivity index (χ2n) is 4.05. The van der Waals surface area contributed by atoms with Crippen molar-refractivity contribution in [3.8, 4) is 0 Å². The zero-order chi connectivity index (χ0) is 13.3. The molecule has 1 rings (SSSR count). The van der Waals surface area contributed by atoms with E-state index in [1.54, 1.807) is 6.92 Å². The summed E-state index contributed by atoms with van der Waals surface area (Å²) >= 11 is 0. The molecule has 1 aromatic heterocycles. The summed E-state index contributed by atoms with van der Waals surface area (Å²) in [5.74, 6) is 0.240. The first kappa shape index (κ1) is 13.5. The Labute approximate surface area is 99.0 Å². The largest absolute Gasteiger partial charge is 0.409 e. The maximum absolute atomic E-state index is 11.9. The Bertz CT molecular complexity index is 531. The van der Waals surface area contributed by atoms with Gasteiger partial charge in [0, 0.05) is 0 Å². The van der Waals surface area contributed by atoms with E-state index >= 15 is 0 Å². The van der Waals surface area contributed by atoms with E-state index in [4.69, 9.17) is 10.9 Å². The van der Waals surface area contributed by atoms with Crippen LogP contribution in [0.4, 0.5) is 0 Å². The van der Waals surface area contributed by atoms with Crippen LogP contribution >= 0.6 is 0 Å². The summed E-state index contributed by atoms with van der Waals surface area (Å²) in [5.41, 5.74) is 4.19. The number of aromatic nitrogens is 2. The van der Waals surface area contributed by atoms with Gasteiger partial charge >= 0.3 is 0 Å². The molecule has 0 fully saturated rings. The first-order chi connectivity index (χ1) is 7.69. The minimum Gasteiger partial charge on any atom is -0.409 e. The highest BCUT2D eigenvalue weighted by atomic mass is 32.2. The maximum atomic E-state index is 11.9. The van der Waals surface area contributed by atoms with Gasteiger partial charge in [0.25, 0.3) is 10.0 Å². The highest BCUT2D eigenvalue weighted by Crippen LogP contribution is 2.11. The van der Waals surface area contributed by atoms with E-state index in [1.807, 2.05) is 0 Å². The van der Waals surface area contributed by atoms with Gasteiger partial charge in [0.05, 0.1) is 11.7 Å². The van der Waals surface area contributed by atoms with E-state index < -0.39 is 15.6 Å². The Morgan fingerprint density at radius 3 is 2.65 bits per heavy atom. The molecule has 1 aromatic rings. The van der Waals surface area contributed by atoms with Gasteiger partial charge in [-0.2, -0.15) is 4.72 Å². The number of nitrogens with two attached hydrogens (primary N) is 1. The molecule has 0 bridgehead atoms. The number of imidazole rings is 1. The molecule has 0 atom stereocenters. The Morgan fingerprint density at radius 2 is 2.24 bits per heavy atom. The van der Waals surface area contributed by atoms with Crippen molar-refractivity contribution in [2.24, 2.45) is 10.9 Å². The summed E-state index contributed by atoms with van der Waals surface area (Å²) in [7, 11) is -3.79. The van der Waals surface area contributed by atoms with Crippen molar-refractivity contribution < 1.29 is 13.6 Å².